The second kappa shape index (κ2) is 11.0. The normalized spacial score (nSPS) is 15.5. The van der Waals surface area contributed by atoms with Crippen LogP contribution >= 0.6 is 23.8 Å². The van der Waals surface area contributed by atoms with Gasteiger partial charge in [-0.1, -0.05) is 11.6 Å². The van der Waals surface area contributed by atoms with E-state index in [2.05, 4.69) is 26.5 Å². The van der Waals surface area contributed by atoms with Gasteiger partial charge in [-0.3, -0.25) is 0 Å². The number of urea groups is 1. The fourth-order valence-corrected chi connectivity index (χ4v) is 3.77. The van der Waals surface area contributed by atoms with Crippen LogP contribution in [0.15, 0.2) is 52.8 Å². The number of esters is 1. The Morgan fingerprint density at radius 3 is 2.65 bits per heavy atom. The predicted octanol–water partition coefficient (Wildman–Crippen LogP) is 3.87. The zero-order valence-electron chi connectivity index (χ0n) is 18.7. The highest BCUT2D eigenvalue weighted by atomic mass is 35.5. The molecule has 11 heteroatoms. The zero-order chi connectivity index (χ0) is 24.8. The van der Waals surface area contributed by atoms with Gasteiger partial charge in [-0.05, 0) is 80.5 Å². The van der Waals surface area contributed by atoms with Gasteiger partial charge in [0.15, 0.2) is 5.11 Å². The number of amides is 2. The lowest BCUT2D eigenvalue weighted by atomic mass is 9.92. The molecular formula is C23H24ClN5O4S. The molecule has 0 saturated carbocycles. The largest absolute Gasteiger partial charge is 0.507 e. The molecule has 9 nitrogen and oxygen atoms in total. The summed E-state index contributed by atoms with van der Waals surface area (Å²) < 4.78 is 5.21. The highest BCUT2D eigenvalue weighted by molar-refractivity contribution is 7.80. The molecule has 2 aromatic rings. The summed E-state index contributed by atoms with van der Waals surface area (Å²) in [6, 6.07) is 8.82. The molecule has 2 amide bonds. The molecule has 1 heterocycles. The lowest BCUT2D eigenvalue weighted by Gasteiger charge is -2.30. The molecule has 0 radical (unpaired) electrons. The molecule has 34 heavy (non-hydrogen) atoms. The lowest BCUT2D eigenvalue weighted by Crippen LogP contribution is -2.45. The molecule has 2 aromatic carbocycles. The van der Waals surface area contributed by atoms with E-state index in [1.165, 1.54) is 6.21 Å². The van der Waals surface area contributed by atoms with Crippen molar-refractivity contribution in [3.63, 3.8) is 0 Å². The average molecular weight is 502 g/mol. The summed E-state index contributed by atoms with van der Waals surface area (Å²) in [4.78, 5) is 24.7. The molecule has 0 saturated heterocycles. The Bertz CT molecular complexity index is 1180. The number of aromatic hydroxyl groups is 1. The van der Waals surface area contributed by atoms with Gasteiger partial charge in [0.2, 0.25) is 0 Å². The maximum Gasteiger partial charge on any atom is 0.339 e. The highest BCUT2D eigenvalue weighted by Crippen LogP contribution is 2.32. The summed E-state index contributed by atoms with van der Waals surface area (Å²) in [5.41, 5.74) is 5.40. The van der Waals surface area contributed by atoms with Crippen LogP contribution in [0.25, 0.3) is 0 Å². The van der Waals surface area contributed by atoms with E-state index < -0.39 is 18.0 Å². The average Bonchev–Trinajstić information content (AvgIpc) is 2.77. The Morgan fingerprint density at radius 1 is 1.26 bits per heavy atom. The number of anilines is 1. The van der Waals surface area contributed by atoms with Crippen molar-refractivity contribution in [3.8, 4) is 5.75 Å². The number of nitrogens with zero attached hydrogens (tertiary/aromatic N) is 1. The smallest absolute Gasteiger partial charge is 0.339 e. The Labute approximate surface area is 207 Å². The molecular weight excluding hydrogens is 478 g/mol. The van der Waals surface area contributed by atoms with E-state index >= 15 is 0 Å². The Morgan fingerprint density at radius 2 is 1.97 bits per heavy atom. The molecule has 5 N–H and O–H groups in total. The van der Waals surface area contributed by atoms with E-state index in [-0.39, 0.29) is 12.4 Å². The van der Waals surface area contributed by atoms with Crippen molar-refractivity contribution in [2.45, 2.75) is 26.8 Å². The number of thiocarbonyl (C=S) groups is 1. The van der Waals surface area contributed by atoms with Crippen molar-refractivity contribution in [1.29, 1.82) is 0 Å². The van der Waals surface area contributed by atoms with Gasteiger partial charge in [-0.2, -0.15) is 5.10 Å². The van der Waals surface area contributed by atoms with Gasteiger partial charge in [0.05, 0.1) is 24.4 Å². The van der Waals surface area contributed by atoms with Crippen LogP contribution in [0.1, 0.15) is 36.6 Å². The fraction of sp³-hybridized carbons (Fsp3) is 0.217. The van der Waals surface area contributed by atoms with Crippen molar-refractivity contribution < 1.29 is 19.4 Å². The molecule has 0 aliphatic carbocycles. The van der Waals surface area contributed by atoms with Gasteiger partial charge >= 0.3 is 12.0 Å². The number of nitrogens with one attached hydrogen (secondary N) is 4. The van der Waals surface area contributed by atoms with Crippen molar-refractivity contribution in [1.82, 2.24) is 16.1 Å². The summed E-state index contributed by atoms with van der Waals surface area (Å²) >= 11 is 11.1. The molecule has 1 aliphatic rings. The Hall–Kier alpha value is -3.63. The summed E-state index contributed by atoms with van der Waals surface area (Å²) in [6.45, 7) is 5.41. The number of carbonyl (C=O) groups is 2. The third-order valence-electron chi connectivity index (χ3n) is 4.92. The minimum absolute atomic E-state index is 0.0118. The molecule has 1 atom stereocenters. The van der Waals surface area contributed by atoms with Crippen LogP contribution in [0.3, 0.4) is 0 Å². The maximum absolute atomic E-state index is 12.6. The molecule has 0 aromatic heterocycles. The van der Waals surface area contributed by atoms with Gasteiger partial charge < -0.3 is 25.8 Å². The molecule has 1 aliphatic heterocycles. The number of phenols is 1. The van der Waals surface area contributed by atoms with Crippen molar-refractivity contribution in [2.24, 2.45) is 5.10 Å². The molecule has 1 unspecified atom stereocenters. The van der Waals surface area contributed by atoms with Crippen LogP contribution in [0.4, 0.5) is 10.5 Å². The molecule has 178 valence electrons. The van der Waals surface area contributed by atoms with Crippen molar-refractivity contribution >= 4 is 52.8 Å². The van der Waals surface area contributed by atoms with E-state index in [0.717, 1.165) is 0 Å². The number of benzene rings is 2. The fourth-order valence-electron chi connectivity index (χ4n) is 3.38. The number of hydrazone groups is 1. The first-order chi connectivity index (χ1) is 16.2. The number of rotatable bonds is 6. The number of halogens is 1. The summed E-state index contributed by atoms with van der Waals surface area (Å²) in [7, 11) is 0. The minimum atomic E-state index is -0.597. The highest BCUT2D eigenvalue weighted by Gasteiger charge is 2.31. The number of phenolic OH excluding ortho intramolecular Hbond substituents is 1. The topological polar surface area (TPSA) is 124 Å². The molecule has 0 spiro atoms. The third kappa shape index (κ3) is 6.03. The first-order valence-corrected chi connectivity index (χ1v) is 11.1. The zero-order valence-corrected chi connectivity index (χ0v) is 20.3. The number of hydrogen-bond acceptors (Lipinski definition) is 6. The van der Waals surface area contributed by atoms with E-state index in [0.29, 0.717) is 43.8 Å². The van der Waals surface area contributed by atoms with E-state index in [1.807, 2.05) is 0 Å². The SMILES string of the molecule is CCOC(=O)C1=C(C)NC(=S)NC1c1cc(C)c(O)c(/C=N/NC(=O)Nc2ccc(Cl)cc2)c1. The number of hydrogen-bond donors (Lipinski definition) is 5. The van der Waals surface area contributed by atoms with Crippen molar-refractivity contribution in [2.75, 3.05) is 11.9 Å². The maximum atomic E-state index is 12.6. The van der Waals surface area contributed by atoms with E-state index in [1.54, 1.807) is 57.2 Å². The Balaban J connectivity index is 1.83. The summed E-state index contributed by atoms with van der Waals surface area (Å²) in [5.74, 6) is -0.490. The van der Waals surface area contributed by atoms with Gasteiger partial charge in [0.25, 0.3) is 0 Å². The van der Waals surface area contributed by atoms with Crippen LogP contribution in [-0.2, 0) is 9.53 Å². The van der Waals surface area contributed by atoms with Crippen molar-refractivity contribution in [3.05, 3.63) is 69.4 Å². The molecule has 3 rings (SSSR count). The monoisotopic (exact) mass is 501 g/mol. The first kappa shape index (κ1) is 25.0. The molecule has 0 bridgehead atoms. The Kier molecular flexibility index (Phi) is 8.08. The number of allylic oxidation sites excluding steroid dienone is 1. The number of ether oxygens (including phenoxy) is 1. The second-order valence-electron chi connectivity index (χ2n) is 7.40. The summed E-state index contributed by atoms with van der Waals surface area (Å²) in [6.07, 6.45) is 1.31. The third-order valence-corrected chi connectivity index (χ3v) is 5.39. The standard InChI is InChI=1S/C23H24ClN5O4S/c1-4-33-21(31)18-13(3)26-23(34)28-19(18)14-9-12(2)20(30)15(10-14)11-25-29-22(32)27-17-7-5-16(24)6-8-17/h5-11,19,30H,4H2,1-3H3,(H2,26,28,34)(H2,27,29,32)/b25-11+. The van der Waals surface area contributed by atoms with Gasteiger partial charge in [0, 0.05) is 22.0 Å². The van der Waals surface area contributed by atoms with Gasteiger partial charge in [-0.25, -0.2) is 15.0 Å². The van der Waals surface area contributed by atoms with Crippen LogP contribution in [-0.4, -0.2) is 35.0 Å². The second-order valence-corrected chi connectivity index (χ2v) is 8.24. The number of carbonyl (C=O) groups excluding carboxylic acids is 2. The van der Waals surface area contributed by atoms with Crippen LogP contribution in [0, 0.1) is 6.92 Å². The first-order valence-electron chi connectivity index (χ1n) is 10.3. The van der Waals surface area contributed by atoms with Crippen LogP contribution < -0.4 is 21.4 Å². The summed E-state index contributed by atoms with van der Waals surface area (Å²) in [5, 5.41) is 24.0. The quantitative estimate of drug-likeness (QED) is 0.176. The van der Waals surface area contributed by atoms with E-state index in [9.17, 15) is 14.7 Å². The van der Waals surface area contributed by atoms with Crippen LogP contribution in [0.2, 0.25) is 5.02 Å². The molecule has 0 fully saturated rings. The lowest BCUT2D eigenvalue weighted by molar-refractivity contribution is -0.139. The van der Waals surface area contributed by atoms with E-state index in [4.69, 9.17) is 28.6 Å². The predicted molar refractivity (Wildman–Crippen MR) is 135 cm³/mol. The van der Waals surface area contributed by atoms with Crippen LogP contribution in [0.5, 0.6) is 5.75 Å². The number of aryl methyl sites for hydroxylation is 1. The van der Waals surface area contributed by atoms with Gasteiger partial charge in [0.1, 0.15) is 5.75 Å². The minimum Gasteiger partial charge on any atom is -0.507 e. The van der Waals surface area contributed by atoms with Gasteiger partial charge in [-0.15, -0.1) is 0 Å².